The summed E-state index contributed by atoms with van der Waals surface area (Å²) in [6.07, 6.45) is 3.47. The number of nitrogens with zero attached hydrogens (tertiary/aromatic N) is 1. The van der Waals surface area contributed by atoms with Crippen molar-refractivity contribution >= 4 is 27.3 Å². The molecule has 0 aliphatic heterocycles. The van der Waals surface area contributed by atoms with E-state index in [4.69, 9.17) is 4.74 Å². The number of amides is 1. The third-order valence-corrected chi connectivity index (χ3v) is 3.03. The van der Waals surface area contributed by atoms with Crippen molar-refractivity contribution in [1.29, 1.82) is 0 Å². The van der Waals surface area contributed by atoms with E-state index in [-0.39, 0.29) is 12.6 Å². The van der Waals surface area contributed by atoms with Crippen molar-refractivity contribution in [3.8, 4) is 0 Å². The van der Waals surface area contributed by atoms with Crippen LogP contribution in [-0.2, 0) is 4.74 Å². The molecule has 1 N–H and O–H groups in total. The predicted octanol–water partition coefficient (Wildman–Crippen LogP) is 1.63. The standard InChI is InChI=1S/C10H10N2O2S/c1-14-6-12-10(13)9-4-7-5-11-3-2-8(7)15-9/h2-5H,6H2,1H3,(H,12,13). The highest BCUT2D eigenvalue weighted by Gasteiger charge is 2.08. The number of pyridine rings is 1. The fourth-order valence-corrected chi connectivity index (χ4v) is 2.17. The molecule has 0 aliphatic carbocycles. The molecule has 0 aromatic carbocycles. The lowest BCUT2D eigenvalue weighted by atomic mass is 10.3. The minimum absolute atomic E-state index is 0.113. The zero-order valence-corrected chi connectivity index (χ0v) is 9.00. The van der Waals surface area contributed by atoms with Crippen LogP contribution in [0.1, 0.15) is 9.67 Å². The highest BCUT2D eigenvalue weighted by atomic mass is 32.1. The molecule has 2 rings (SSSR count). The van der Waals surface area contributed by atoms with Gasteiger partial charge in [-0.05, 0) is 12.1 Å². The number of carbonyl (C=O) groups is 1. The lowest BCUT2D eigenvalue weighted by Crippen LogP contribution is -2.24. The van der Waals surface area contributed by atoms with E-state index in [0.29, 0.717) is 4.88 Å². The second kappa shape index (κ2) is 4.37. The van der Waals surface area contributed by atoms with Gasteiger partial charge in [-0.2, -0.15) is 0 Å². The monoisotopic (exact) mass is 222 g/mol. The Morgan fingerprint density at radius 2 is 2.53 bits per heavy atom. The molecule has 0 fully saturated rings. The van der Waals surface area contributed by atoms with Crippen LogP contribution in [0, 0.1) is 0 Å². The number of ether oxygens (including phenoxy) is 1. The summed E-state index contributed by atoms with van der Waals surface area (Å²) in [5.41, 5.74) is 0. The molecule has 5 heteroatoms. The van der Waals surface area contributed by atoms with Crippen molar-refractivity contribution in [3.05, 3.63) is 29.4 Å². The quantitative estimate of drug-likeness (QED) is 0.803. The topological polar surface area (TPSA) is 51.2 Å². The maximum atomic E-state index is 11.6. The van der Waals surface area contributed by atoms with Crippen molar-refractivity contribution < 1.29 is 9.53 Å². The van der Waals surface area contributed by atoms with Gasteiger partial charge in [-0.1, -0.05) is 0 Å². The maximum Gasteiger partial charge on any atom is 0.263 e. The Balaban J connectivity index is 2.25. The molecule has 0 atom stereocenters. The first-order valence-electron chi connectivity index (χ1n) is 4.42. The van der Waals surface area contributed by atoms with Crippen LogP contribution in [0.3, 0.4) is 0 Å². The first-order valence-corrected chi connectivity index (χ1v) is 5.23. The minimum Gasteiger partial charge on any atom is -0.364 e. The van der Waals surface area contributed by atoms with E-state index >= 15 is 0 Å². The number of fused-ring (bicyclic) bond motifs is 1. The van der Waals surface area contributed by atoms with Crippen molar-refractivity contribution in [1.82, 2.24) is 10.3 Å². The van der Waals surface area contributed by atoms with Gasteiger partial charge in [0.15, 0.2) is 0 Å². The van der Waals surface area contributed by atoms with Crippen LogP contribution in [0.5, 0.6) is 0 Å². The van der Waals surface area contributed by atoms with E-state index in [1.54, 1.807) is 12.4 Å². The number of hydrogen-bond donors (Lipinski definition) is 1. The summed E-state index contributed by atoms with van der Waals surface area (Å²) in [6, 6.07) is 3.73. The molecule has 0 aliphatic rings. The molecule has 0 bridgehead atoms. The molecule has 0 spiro atoms. The van der Waals surface area contributed by atoms with E-state index in [1.807, 2.05) is 12.1 Å². The molecule has 2 aromatic heterocycles. The van der Waals surface area contributed by atoms with E-state index in [0.717, 1.165) is 10.1 Å². The van der Waals surface area contributed by atoms with Gasteiger partial charge >= 0.3 is 0 Å². The van der Waals surface area contributed by atoms with Gasteiger partial charge in [0.25, 0.3) is 5.91 Å². The van der Waals surface area contributed by atoms with Gasteiger partial charge in [0.05, 0.1) is 4.88 Å². The summed E-state index contributed by atoms with van der Waals surface area (Å²) in [7, 11) is 1.54. The molecule has 2 aromatic rings. The molecule has 15 heavy (non-hydrogen) atoms. The third kappa shape index (κ3) is 2.14. The van der Waals surface area contributed by atoms with E-state index in [1.165, 1.54) is 18.4 Å². The van der Waals surface area contributed by atoms with Crippen LogP contribution in [0.2, 0.25) is 0 Å². The first-order chi connectivity index (χ1) is 7.31. The van der Waals surface area contributed by atoms with Crippen LogP contribution in [0.15, 0.2) is 24.5 Å². The number of aromatic nitrogens is 1. The number of hydrogen-bond acceptors (Lipinski definition) is 4. The normalized spacial score (nSPS) is 10.5. The predicted molar refractivity (Wildman–Crippen MR) is 59.0 cm³/mol. The van der Waals surface area contributed by atoms with Gasteiger partial charge in [0.1, 0.15) is 6.73 Å². The summed E-state index contributed by atoms with van der Waals surface area (Å²) in [6.45, 7) is 0.228. The fourth-order valence-electron chi connectivity index (χ4n) is 1.22. The Kier molecular flexibility index (Phi) is 2.94. The van der Waals surface area contributed by atoms with Crippen molar-refractivity contribution in [3.63, 3.8) is 0 Å². The Labute approximate surface area is 90.9 Å². The molecular formula is C10H10N2O2S. The molecule has 2 heterocycles. The van der Waals surface area contributed by atoms with E-state index in [2.05, 4.69) is 10.3 Å². The zero-order valence-electron chi connectivity index (χ0n) is 8.19. The summed E-state index contributed by atoms with van der Waals surface area (Å²) < 4.78 is 5.83. The Morgan fingerprint density at radius 3 is 3.27 bits per heavy atom. The van der Waals surface area contributed by atoms with Crippen molar-refractivity contribution in [2.24, 2.45) is 0 Å². The second-order valence-electron chi connectivity index (χ2n) is 2.96. The number of carbonyl (C=O) groups excluding carboxylic acids is 1. The van der Waals surface area contributed by atoms with Crippen molar-refractivity contribution in [2.45, 2.75) is 0 Å². The van der Waals surface area contributed by atoms with Crippen LogP contribution >= 0.6 is 11.3 Å². The number of nitrogens with one attached hydrogen (secondary N) is 1. The van der Waals surface area contributed by atoms with Gasteiger partial charge in [-0.3, -0.25) is 9.78 Å². The summed E-state index contributed by atoms with van der Waals surface area (Å²) in [5.74, 6) is -0.113. The molecule has 0 saturated heterocycles. The second-order valence-corrected chi connectivity index (χ2v) is 4.05. The van der Waals surface area contributed by atoms with E-state index in [9.17, 15) is 4.79 Å². The lowest BCUT2D eigenvalue weighted by Gasteiger charge is -1.99. The van der Waals surface area contributed by atoms with E-state index < -0.39 is 0 Å². The zero-order chi connectivity index (χ0) is 10.7. The Bertz CT molecular complexity index is 448. The number of thiophene rings is 1. The van der Waals surface area contributed by atoms with Crippen LogP contribution in [-0.4, -0.2) is 24.7 Å². The fraction of sp³-hybridized carbons (Fsp3) is 0.200. The largest absolute Gasteiger partial charge is 0.364 e. The molecule has 0 saturated carbocycles. The highest BCUT2D eigenvalue weighted by molar-refractivity contribution is 7.20. The van der Waals surface area contributed by atoms with Gasteiger partial charge in [0, 0.05) is 29.6 Å². The lowest BCUT2D eigenvalue weighted by molar-refractivity contribution is 0.0876. The van der Waals surface area contributed by atoms with Gasteiger partial charge in [-0.15, -0.1) is 11.3 Å². The third-order valence-electron chi connectivity index (χ3n) is 1.92. The van der Waals surface area contributed by atoms with Gasteiger partial charge in [-0.25, -0.2) is 0 Å². The smallest absolute Gasteiger partial charge is 0.263 e. The van der Waals surface area contributed by atoms with Crippen LogP contribution in [0.25, 0.3) is 10.1 Å². The number of methoxy groups -OCH3 is 1. The van der Waals surface area contributed by atoms with Gasteiger partial charge < -0.3 is 10.1 Å². The maximum absolute atomic E-state index is 11.6. The number of rotatable bonds is 3. The molecule has 4 nitrogen and oxygen atoms in total. The summed E-state index contributed by atoms with van der Waals surface area (Å²) in [5, 5.41) is 3.63. The van der Waals surface area contributed by atoms with Crippen LogP contribution < -0.4 is 5.32 Å². The molecular weight excluding hydrogens is 212 g/mol. The molecule has 0 radical (unpaired) electrons. The Morgan fingerprint density at radius 1 is 1.67 bits per heavy atom. The van der Waals surface area contributed by atoms with Crippen molar-refractivity contribution in [2.75, 3.05) is 13.8 Å². The molecule has 78 valence electrons. The first kappa shape index (κ1) is 10.1. The average Bonchev–Trinajstić information content (AvgIpc) is 2.69. The summed E-state index contributed by atoms with van der Waals surface area (Å²) in [4.78, 5) is 16.2. The SMILES string of the molecule is COCNC(=O)c1cc2cnccc2s1. The average molecular weight is 222 g/mol. The highest BCUT2D eigenvalue weighted by Crippen LogP contribution is 2.24. The molecule has 0 unspecified atom stereocenters. The van der Waals surface area contributed by atoms with Crippen LogP contribution in [0.4, 0.5) is 0 Å². The summed E-state index contributed by atoms with van der Waals surface area (Å²) >= 11 is 1.45. The van der Waals surface area contributed by atoms with Gasteiger partial charge in [0.2, 0.25) is 0 Å². The minimum atomic E-state index is -0.113. The molecule has 1 amide bonds. The Hall–Kier alpha value is -1.46.